The molecule has 1 N–H and O–H groups in total. The summed E-state index contributed by atoms with van der Waals surface area (Å²) >= 11 is 0. The van der Waals surface area contributed by atoms with Crippen LogP contribution >= 0.6 is 0 Å². The molecular formula is C16H19F2NO6. The molecule has 138 valence electrons. The Morgan fingerprint density at radius 2 is 1.96 bits per heavy atom. The second-order valence-electron chi connectivity index (χ2n) is 4.67. The first kappa shape index (κ1) is 20.4. The highest BCUT2D eigenvalue weighted by Gasteiger charge is 2.22. The van der Waals surface area contributed by atoms with Gasteiger partial charge in [-0.15, -0.1) is 6.58 Å². The fourth-order valence-corrected chi connectivity index (χ4v) is 1.81. The number of alkyl halides is 2. The molecule has 9 heteroatoms. The Hall–Kier alpha value is -2.68. The number of nitrogens with one attached hydrogen (secondary N) is 1. The maximum Gasteiger partial charge on any atom is 0.387 e. The summed E-state index contributed by atoms with van der Waals surface area (Å²) < 4.78 is 44.1. The summed E-state index contributed by atoms with van der Waals surface area (Å²) in [6.07, 6.45) is 0.594. The lowest BCUT2D eigenvalue weighted by Gasteiger charge is -2.17. The van der Waals surface area contributed by atoms with E-state index in [2.05, 4.69) is 21.4 Å². The average molecular weight is 359 g/mol. The number of carbonyl (C=O) groups excluding carboxylic acids is 2. The van der Waals surface area contributed by atoms with E-state index in [0.29, 0.717) is 0 Å². The van der Waals surface area contributed by atoms with Gasteiger partial charge < -0.3 is 24.3 Å². The fraction of sp³-hybridized carbons (Fsp3) is 0.375. The zero-order valence-electron chi connectivity index (χ0n) is 14.0. The molecule has 0 heterocycles. The van der Waals surface area contributed by atoms with Crippen molar-refractivity contribution in [2.45, 2.75) is 19.6 Å². The third-order valence-electron chi connectivity index (χ3n) is 3.02. The standard InChI is InChI=1S/C16H19F2NO6/c1-5-6-24-9(2)14(20)19-11-8-13(25-16(17)18)12(22-3)7-10(11)15(21)23-4/h5,7-9,16H,1,6H2,2-4H3,(H,19,20). The highest BCUT2D eigenvalue weighted by atomic mass is 19.3. The molecule has 0 saturated carbocycles. The van der Waals surface area contributed by atoms with E-state index in [1.807, 2.05) is 0 Å². The Morgan fingerprint density at radius 3 is 2.48 bits per heavy atom. The maximum absolute atomic E-state index is 12.5. The van der Waals surface area contributed by atoms with Crippen molar-refractivity contribution in [3.8, 4) is 11.5 Å². The van der Waals surface area contributed by atoms with Crippen LogP contribution in [-0.4, -0.2) is 45.4 Å². The lowest BCUT2D eigenvalue weighted by atomic mass is 10.1. The van der Waals surface area contributed by atoms with Crippen molar-refractivity contribution in [2.24, 2.45) is 0 Å². The number of halogens is 2. The second kappa shape index (κ2) is 9.58. The van der Waals surface area contributed by atoms with Crippen LogP contribution in [-0.2, 0) is 14.3 Å². The Morgan fingerprint density at radius 1 is 1.28 bits per heavy atom. The molecule has 0 aliphatic rings. The van der Waals surface area contributed by atoms with Gasteiger partial charge in [0.15, 0.2) is 11.5 Å². The lowest BCUT2D eigenvalue weighted by Crippen LogP contribution is -2.28. The van der Waals surface area contributed by atoms with Crippen molar-refractivity contribution in [3.05, 3.63) is 30.4 Å². The predicted octanol–water partition coefficient (Wildman–Crippen LogP) is 2.61. The minimum Gasteiger partial charge on any atom is -0.493 e. The number of carbonyl (C=O) groups is 2. The molecule has 0 fully saturated rings. The van der Waals surface area contributed by atoms with Crippen LogP contribution in [0.2, 0.25) is 0 Å². The Balaban J connectivity index is 3.22. The highest BCUT2D eigenvalue weighted by molar-refractivity contribution is 6.03. The van der Waals surface area contributed by atoms with E-state index in [4.69, 9.17) is 9.47 Å². The van der Waals surface area contributed by atoms with Crippen LogP contribution in [0.1, 0.15) is 17.3 Å². The number of hydrogen-bond donors (Lipinski definition) is 1. The number of rotatable bonds is 9. The number of esters is 1. The first-order chi connectivity index (χ1) is 11.8. The molecule has 0 saturated heterocycles. The molecule has 1 unspecified atom stereocenters. The third kappa shape index (κ3) is 5.71. The first-order valence-corrected chi connectivity index (χ1v) is 7.12. The summed E-state index contributed by atoms with van der Waals surface area (Å²) in [6.45, 7) is 1.97. The SMILES string of the molecule is C=CCOC(C)C(=O)Nc1cc(OC(F)F)c(OC)cc1C(=O)OC. The van der Waals surface area contributed by atoms with Gasteiger partial charge in [-0.1, -0.05) is 6.08 Å². The number of ether oxygens (including phenoxy) is 4. The van der Waals surface area contributed by atoms with Crippen molar-refractivity contribution in [2.75, 3.05) is 26.1 Å². The number of methoxy groups -OCH3 is 2. The molecule has 1 atom stereocenters. The molecule has 1 aromatic rings. The van der Waals surface area contributed by atoms with E-state index in [9.17, 15) is 18.4 Å². The van der Waals surface area contributed by atoms with Crippen LogP contribution in [0.4, 0.5) is 14.5 Å². The van der Waals surface area contributed by atoms with Gasteiger partial charge >= 0.3 is 12.6 Å². The minimum atomic E-state index is -3.11. The molecule has 0 aromatic heterocycles. The normalized spacial score (nSPS) is 11.6. The van der Waals surface area contributed by atoms with Crippen LogP contribution in [0.3, 0.4) is 0 Å². The highest BCUT2D eigenvalue weighted by Crippen LogP contribution is 2.35. The van der Waals surface area contributed by atoms with Crippen molar-refractivity contribution < 1.29 is 37.3 Å². The lowest BCUT2D eigenvalue weighted by molar-refractivity contribution is -0.125. The molecule has 0 aliphatic carbocycles. The van der Waals surface area contributed by atoms with Crippen molar-refractivity contribution in [3.63, 3.8) is 0 Å². The molecule has 0 aliphatic heterocycles. The van der Waals surface area contributed by atoms with Gasteiger partial charge in [-0.3, -0.25) is 4.79 Å². The molecule has 1 aromatic carbocycles. The van der Waals surface area contributed by atoms with E-state index in [1.54, 1.807) is 0 Å². The van der Waals surface area contributed by atoms with Crippen LogP contribution in [0.15, 0.2) is 24.8 Å². The van der Waals surface area contributed by atoms with E-state index in [1.165, 1.54) is 20.1 Å². The Bertz CT molecular complexity index is 635. The van der Waals surface area contributed by atoms with Crippen LogP contribution in [0.5, 0.6) is 11.5 Å². The van der Waals surface area contributed by atoms with Crippen molar-refractivity contribution in [1.82, 2.24) is 0 Å². The van der Waals surface area contributed by atoms with Crippen molar-refractivity contribution in [1.29, 1.82) is 0 Å². The number of hydrogen-bond acceptors (Lipinski definition) is 6. The number of amides is 1. The first-order valence-electron chi connectivity index (χ1n) is 7.12. The molecule has 25 heavy (non-hydrogen) atoms. The molecule has 0 spiro atoms. The summed E-state index contributed by atoms with van der Waals surface area (Å²) in [5, 5.41) is 2.42. The van der Waals surface area contributed by atoms with Gasteiger partial charge in [0.05, 0.1) is 32.1 Å². The fourth-order valence-electron chi connectivity index (χ4n) is 1.81. The molecular weight excluding hydrogens is 340 g/mol. The zero-order valence-corrected chi connectivity index (χ0v) is 14.0. The summed E-state index contributed by atoms with van der Waals surface area (Å²) in [5.74, 6) is -1.85. The summed E-state index contributed by atoms with van der Waals surface area (Å²) in [7, 11) is 2.36. The average Bonchev–Trinajstić information content (AvgIpc) is 2.58. The molecule has 1 amide bonds. The van der Waals surface area contributed by atoms with Gasteiger partial charge in [0.2, 0.25) is 0 Å². The molecule has 7 nitrogen and oxygen atoms in total. The van der Waals surface area contributed by atoms with Crippen LogP contribution < -0.4 is 14.8 Å². The quantitative estimate of drug-likeness (QED) is 0.539. The minimum absolute atomic E-state index is 0.0812. The predicted molar refractivity (Wildman–Crippen MR) is 85.2 cm³/mol. The molecule has 1 rings (SSSR count). The van der Waals surface area contributed by atoms with Gasteiger partial charge in [-0.05, 0) is 6.92 Å². The van der Waals surface area contributed by atoms with Crippen LogP contribution in [0.25, 0.3) is 0 Å². The maximum atomic E-state index is 12.5. The topological polar surface area (TPSA) is 83.1 Å². The smallest absolute Gasteiger partial charge is 0.387 e. The molecule has 0 radical (unpaired) electrons. The van der Waals surface area contributed by atoms with E-state index < -0.39 is 24.6 Å². The third-order valence-corrected chi connectivity index (χ3v) is 3.02. The molecule has 0 bridgehead atoms. The van der Waals surface area contributed by atoms with Gasteiger partial charge in [-0.25, -0.2) is 4.79 Å². The Kier molecular flexibility index (Phi) is 7.80. The van der Waals surface area contributed by atoms with Gasteiger partial charge in [0.25, 0.3) is 5.91 Å². The Labute approximate surface area is 143 Å². The zero-order chi connectivity index (χ0) is 19.0. The van der Waals surface area contributed by atoms with E-state index >= 15 is 0 Å². The summed E-state index contributed by atoms with van der Waals surface area (Å²) in [6, 6.07) is 2.18. The number of anilines is 1. The summed E-state index contributed by atoms with van der Waals surface area (Å²) in [5.41, 5.74) is -0.174. The van der Waals surface area contributed by atoms with Crippen LogP contribution in [0, 0.1) is 0 Å². The monoisotopic (exact) mass is 359 g/mol. The second-order valence-corrected chi connectivity index (χ2v) is 4.67. The van der Waals surface area contributed by atoms with E-state index in [0.717, 1.165) is 19.2 Å². The van der Waals surface area contributed by atoms with Gasteiger partial charge in [-0.2, -0.15) is 8.78 Å². The van der Waals surface area contributed by atoms with Gasteiger partial charge in [0, 0.05) is 12.1 Å². The van der Waals surface area contributed by atoms with E-state index in [-0.39, 0.29) is 29.4 Å². The largest absolute Gasteiger partial charge is 0.493 e. The van der Waals surface area contributed by atoms with Gasteiger partial charge in [0.1, 0.15) is 6.10 Å². The number of benzene rings is 1. The summed E-state index contributed by atoms with van der Waals surface area (Å²) in [4.78, 5) is 24.0. The van der Waals surface area contributed by atoms with Crippen molar-refractivity contribution >= 4 is 17.6 Å².